The Balaban J connectivity index is 1.78. The molecule has 0 aromatic heterocycles. The van der Waals surface area contributed by atoms with Gasteiger partial charge >= 0.3 is 12.1 Å². The van der Waals surface area contributed by atoms with Crippen LogP contribution in [0.25, 0.3) is 6.08 Å². The summed E-state index contributed by atoms with van der Waals surface area (Å²) < 4.78 is 23.3. The Labute approximate surface area is 145 Å². The highest BCUT2D eigenvalue weighted by molar-refractivity contribution is 5.89. The molecule has 0 heterocycles. The minimum Gasteiger partial charge on any atom is -0.465 e. The van der Waals surface area contributed by atoms with Gasteiger partial charge in [0.1, 0.15) is 12.4 Å². The summed E-state index contributed by atoms with van der Waals surface area (Å²) in [6.07, 6.45) is 2.73. The minimum atomic E-state index is -0.726. The highest BCUT2D eigenvalue weighted by Gasteiger charge is 2.11. The van der Waals surface area contributed by atoms with Crippen LogP contribution < -0.4 is 5.32 Å². The Morgan fingerprint density at radius 3 is 2.60 bits per heavy atom. The topological polar surface area (TPSA) is 64.6 Å². The van der Waals surface area contributed by atoms with Gasteiger partial charge in [-0.3, -0.25) is 0 Å². The molecule has 0 saturated carbocycles. The zero-order chi connectivity index (χ0) is 18.1. The number of esters is 1. The Kier molecular flexibility index (Phi) is 6.71. The number of halogens is 1. The van der Waals surface area contributed by atoms with Crippen molar-refractivity contribution in [2.24, 2.45) is 0 Å². The van der Waals surface area contributed by atoms with Crippen molar-refractivity contribution in [3.05, 3.63) is 77.1 Å². The number of methoxy groups -OCH3 is 1. The Morgan fingerprint density at radius 1 is 1.16 bits per heavy atom. The molecule has 0 aliphatic carbocycles. The van der Waals surface area contributed by atoms with Crippen molar-refractivity contribution >= 4 is 18.1 Å². The molecule has 2 aromatic rings. The fraction of sp³-hybridized carbons (Fsp3) is 0.158. The molecule has 0 fully saturated rings. The van der Waals surface area contributed by atoms with Crippen molar-refractivity contribution in [3.63, 3.8) is 0 Å². The van der Waals surface area contributed by atoms with Gasteiger partial charge in [-0.15, -0.1) is 0 Å². The molecule has 0 aliphatic heterocycles. The molecule has 2 aromatic carbocycles. The van der Waals surface area contributed by atoms with E-state index in [1.165, 1.54) is 19.2 Å². The molecule has 0 radical (unpaired) electrons. The van der Waals surface area contributed by atoms with Crippen LogP contribution in [0.5, 0.6) is 0 Å². The van der Waals surface area contributed by atoms with E-state index in [9.17, 15) is 14.0 Å². The molecule has 0 bridgehead atoms. The standard InChI is InChI=1S/C19H18FNO4/c1-24-18(22)16-10-9-14(12-17(16)20)8-5-11-21-19(23)25-13-15-6-3-2-4-7-15/h2-10,12H,11,13H2,1H3,(H,21,23). The Bertz CT molecular complexity index is 759. The second-order valence-corrected chi connectivity index (χ2v) is 5.08. The summed E-state index contributed by atoms with van der Waals surface area (Å²) in [4.78, 5) is 22.9. The lowest BCUT2D eigenvalue weighted by atomic mass is 10.1. The number of hydrogen-bond acceptors (Lipinski definition) is 4. The maximum absolute atomic E-state index is 13.8. The molecule has 0 spiro atoms. The van der Waals surface area contributed by atoms with Crippen LogP contribution in [0.2, 0.25) is 0 Å². The zero-order valence-electron chi connectivity index (χ0n) is 13.7. The third kappa shape index (κ3) is 5.76. The van der Waals surface area contributed by atoms with E-state index in [1.807, 2.05) is 30.3 Å². The normalized spacial score (nSPS) is 10.5. The number of rotatable bonds is 6. The van der Waals surface area contributed by atoms with Crippen LogP contribution in [-0.2, 0) is 16.1 Å². The number of benzene rings is 2. The van der Waals surface area contributed by atoms with Gasteiger partial charge in [0.25, 0.3) is 0 Å². The van der Waals surface area contributed by atoms with Gasteiger partial charge < -0.3 is 14.8 Å². The molecule has 6 heteroatoms. The molecule has 0 atom stereocenters. The number of nitrogens with one attached hydrogen (secondary N) is 1. The van der Waals surface area contributed by atoms with Crippen LogP contribution in [0.1, 0.15) is 21.5 Å². The van der Waals surface area contributed by atoms with Crippen molar-refractivity contribution in [2.45, 2.75) is 6.61 Å². The molecule has 25 heavy (non-hydrogen) atoms. The van der Waals surface area contributed by atoms with E-state index >= 15 is 0 Å². The van der Waals surface area contributed by atoms with Gasteiger partial charge in [0, 0.05) is 6.54 Å². The van der Waals surface area contributed by atoms with E-state index in [2.05, 4.69) is 10.1 Å². The first-order valence-corrected chi connectivity index (χ1v) is 7.59. The highest BCUT2D eigenvalue weighted by Crippen LogP contribution is 2.12. The second-order valence-electron chi connectivity index (χ2n) is 5.08. The van der Waals surface area contributed by atoms with Crippen molar-refractivity contribution in [1.29, 1.82) is 0 Å². The molecule has 2 rings (SSSR count). The summed E-state index contributed by atoms with van der Waals surface area (Å²) in [5.41, 5.74) is 1.33. The summed E-state index contributed by atoms with van der Waals surface area (Å²) >= 11 is 0. The zero-order valence-corrected chi connectivity index (χ0v) is 13.7. The highest BCUT2D eigenvalue weighted by atomic mass is 19.1. The molecule has 0 aliphatic rings. The first kappa shape index (κ1) is 18.2. The molecule has 0 unspecified atom stereocenters. The first-order valence-electron chi connectivity index (χ1n) is 7.59. The Morgan fingerprint density at radius 2 is 1.92 bits per heavy atom. The fourth-order valence-corrected chi connectivity index (χ4v) is 2.02. The summed E-state index contributed by atoms with van der Waals surface area (Å²) in [5.74, 6) is -1.39. The van der Waals surface area contributed by atoms with E-state index < -0.39 is 17.9 Å². The summed E-state index contributed by atoms with van der Waals surface area (Å²) in [6.45, 7) is 0.421. The lowest BCUT2D eigenvalue weighted by molar-refractivity contribution is 0.0595. The maximum Gasteiger partial charge on any atom is 0.407 e. The fourth-order valence-electron chi connectivity index (χ4n) is 2.02. The smallest absolute Gasteiger partial charge is 0.407 e. The van der Waals surface area contributed by atoms with Gasteiger partial charge in [0.15, 0.2) is 0 Å². The number of amides is 1. The molecule has 5 nitrogen and oxygen atoms in total. The molecule has 130 valence electrons. The van der Waals surface area contributed by atoms with Gasteiger partial charge in [-0.25, -0.2) is 14.0 Å². The number of carbonyl (C=O) groups is 2. The molecular weight excluding hydrogens is 325 g/mol. The SMILES string of the molecule is COC(=O)c1ccc(C=CCNC(=O)OCc2ccccc2)cc1F. The van der Waals surface area contributed by atoms with Crippen LogP contribution in [0.4, 0.5) is 9.18 Å². The average Bonchev–Trinajstić information content (AvgIpc) is 2.64. The van der Waals surface area contributed by atoms with Crippen LogP contribution in [0.15, 0.2) is 54.6 Å². The molecule has 1 amide bonds. The number of carbonyl (C=O) groups excluding carboxylic acids is 2. The lowest BCUT2D eigenvalue weighted by Crippen LogP contribution is -2.24. The number of alkyl carbamates (subject to hydrolysis) is 1. The minimum absolute atomic E-state index is 0.123. The van der Waals surface area contributed by atoms with E-state index in [0.717, 1.165) is 5.56 Å². The van der Waals surface area contributed by atoms with E-state index in [4.69, 9.17) is 4.74 Å². The maximum atomic E-state index is 13.8. The van der Waals surface area contributed by atoms with Crippen LogP contribution >= 0.6 is 0 Å². The van der Waals surface area contributed by atoms with Gasteiger partial charge in [0.05, 0.1) is 12.7 Å². The quantitative estimate of drug-likeness (QED) is 0.815. The van der Waals surface area contributed by atoms with Gasteiger partial charge in [-0.2, -0.15) is 0 Å². The Hall–Kier alpha value is -3.15. The van der Waals surface area contributed by atoms with Crippen molar-refractivity contribution in [2.75, 3.05) is 13.7 Å². The summed E-state index contributed by atoms with van der Waals surface area (Å²) in [7, 11) is 1.19. The molecule has 1 N–H and O–H groups in total. The lowest BCUT2D eigenvalue weighted by Gasteiger charge is -2.05. The van der Waals surface area contributed by atoms with Gasteiger partial charge in [-0.1, -0.05) is 48.6 Å². The molecular formula is C19H18FNO4. The third-order valence-electron chi connectivity index (χ3n) is 3.29. The summed E-state index contributed by atoms with van der Waals surface area (Å²) in [5, 5.41) is 2.56. The summed E-state index contributed by atoms with van der Waals surface area (Å²) in [6, 6.07) is 13.5. The average molecular weight is 343 g/mol. The number of hydrogen-bond donors (Lipinski definition) is 1. The van der Waals surface area contributed by atoms with E-state index in [1.54, 1.807) is 18.2 Å². The van der Waals surface area contributed by atoms with Crippen LogP contribution in [0.3, 0.4) is 0 Å². The van der Waals surface area contributed by atoms with Crippen molar-refractivity contribution in [1.82, 2.24) is 5.32 Å². The first-order chi connectivity index (χ1) is 12.1. The number of ether oxygens (including phenoxy) is 2. The monoisotopic (exact) mass is 343 g/mol. The predicted molar refractivity (Wildman–Crippen MR) is 91.4 cm³/mol. The van der Waals surface area contributed by atoms with Crippen molar-refractivity contribution in [3.8, 4) is 0 Å². The van der Waals surface area contributed by atoms with Crippen LogP contribution in [0, 0.1) is 5.82 Å². The van der Waals surface area contributed by atoms with E-state index in [-0.39, 0.29) is 18.7 Å². The van der Waals surface area contributed by atoms with Gasteiger partial charge in [0.2, 0.25) is 0 Å². The van der Waals surface area contributed by atoms with Crippen molar-refractivity contribution < 1.29 is 23.5 Å². The molecule has 0 saturated heterocycles. The second kappa shape index (κ2) is 9.22. The largest absolute Gasteiger partial charge is 0.465 e. The van der Waals surface area contributed by atoms with Gasteiger partial charge in [-0.05, 0) is 23.3 Å². The predicted octanol–water partition coefficient (Wildman–Crippen LogP) is 3.55. The third-order valence-corrected chi connectivity index (χ3v) is 3.29. The van der Waals surface area contributed by atoms with E-state index in [0.29, 0.717) is 5.56 Å². The van der Waals surface area contributed by atoms with Crippen LogP contribution in [-0.4, -0.2) is 25.7 Å².